The molecule has 2 unspecified atom stereocenters. The quantitative estimate of drug-likeness (QED) is 0.258. The first-order valence-electron chi connectivity index (χ1n) is 15.2. The molecule has 15 heteroatoms. The molecule has 2 aromatic carbocycles. The highest BCUT2D eigenvalue weighted by Gasteiger charge is 2.45. The summed E-state index contributed by atoms with van der Waals surface area (Å²) in [6.07, 6.45) is -0.314. The van der Waals surface area contributed by atoms with Crippen molar-refractivity contribution < 1.29 is 31.9 Å². The number of Topliss-reactive ketones (excluding diaryl/α,β-unsaturated/α-hetero) is 1. The van der Waals surface area contributed by atoms with Crippen LogP contribution in [0.2, 0.25) is 0 Å². The Morgan fingerprint density at radius 3 is 2.59 bits per heavy atom. The van der Waals surface area contributed by atoms with Gasteiger partial charge >= 0.3 is 11.9 Å². The third-order valence-electron chi connectivity index (χ3n) is 8.71. The van der Waals surface area contributed by atoms with E-state index in [9.17, 15) is 32.3 Å². The van der Waals surface area contributed by atoms with E-state index >= 15 is 4.39 Å². The number of halogens is 4. The third-order valence-corrected chi connectivity index (χ3v) is 8.71. The lowest BCUT2D eigenvalue weighted by molar-refractivity contribution is -0.167. The Morgan fingerprint density at radius 2 is 1.88 bits per heavy atom. The molecule has 1 saturated heterocycles. The Kier molecular flexibility index (Phi) is 8.79. The number of hydrogen-bond acceptors (Lipinski definition) is 8. The van der Waals surface area contributed by atoms with E-state index in [1.54, 1.807) is 18.2 Å². The summed E-state index contributed by atoms with van der Waals surface area (Å²) in [4.78, 5) is 62.5. The monoisotopic (exact) mass is 678 g/mol. The Hall–Kier alpha value is -5.44. The molecule has 3 aromatic heterocycles. The van der Waals surface area contributed by atoms with Crippen molar-refractivity contribution >= 4 is 39.2 Å². The largest absolute Gasteiger partial charge is 0.411 e. The summed E-state index contributed by atoms with van der Waals surface area (Å²) in [6.45, 7) is 1.96. The second kappa shape index (κ2) is 12.9. The molecule has 1 amide bonds. The van der Waals surface area contributed by atoms with Gasteiger partial charge in [0.15, 0.2) is 5.78 Å². The number of pyridine rings is 2. The Labute approximate surface area is 275 Å². The van der Waals surface area contributed by atoms with Crippen LogP contribution in [0.3, 0.4) is 0 Å². The van der Waals surface area contributed by atoms with Crippen molar-refractivity contribution in [2.45, 2.75) is 38.5 Å². The average molecular weight is 679 g/mol. The van der Waals surface area contributed by atoms with Gasteiger partial charge in [0.2, 0.25) is 0 Å². The first-order valence-corrected chi connectivity index (χ1v) is 15.2. The van der Waals surface area contributed by atoms with Crippen molar-refractivity contribution in [3.8, 4) is 5.69 Å². The van der Waals surface area contributed by atoms with Crippen molar-refractivity contribution in [3.05, 3.63) is 104 Å². The molecule has 0 aliphatic carbocycles. The number of rotatable bonds is 7. The maximum atomic E-state index is 15.5. The number of nitrogens with zero attached hydrogens (tertiary/aromatic N) is 5. The summed E-state index contributed by atoms with van der Waals surface area (Å²) in [5.74, 6) is -2.41. The standard InChI is InChI=1S/C34H30F4N6O5/c1-18-13-21(43-11-12-49-17-28(43)34(36,37)38)15-24(35)29(18)31(46)41-25(19(2)45)14-20-6-7-26(30-22(20)5-4-9-40-30)44-32(47)23-8-10-39-16-27(23)42(3)33(44)48/h4-10,13,15-16,25,28H,11-12,14,17H2,1-3H3,(H,41,46). The highest BCUT2D eigenvalue weighted by molar-refractivity contribution is 5.99. The minimum atomic E-state index is -4.62. The molecule has 0 saturated carbocycles. The molecule has 1 aliphatic heterocycles. The van der Waals surface area contributed by atoms with Crippen LogP contribution < -0.4 is 21.5 Å². The van der Waals surface area contributed by atoms with Crippen LogP contribution in [0.25, 0.3) is 27.5 Å². The molecule has 1 fully saturated rings. The lowest BCUT2D eigenvalue weighted by Crippen LogP contribution is -2.53. The number of alkyl halides is 3. The van der Waals surface area contributed by atoms with E-state index in [0.717, 1.165) is 15.5 Å². The van der Waals surface area contributed by atoms with Crippen molar-refractivity contribution in [1.82, 2.24) is 24.4 Å². The average Bonchev–Trinajstić information content (AvgIpc) is 3.07. The van der Waals surface area contributed by atoms with E-state index < -0.39 is 59.2 Å². The third kappa shape index (κ3) is 6.17. The van der Waals surface area contributed by atoms with Gasteiger partial charge in [-0.3, -0.25) is 28.9 Å². The SMILES string of the molecule is CC(=O)C(Cc1ccc(-n2c(=O)c3ccncc3n(C)c2=O)c2ncccc12)NC(=O)c1c(C)cc(N2CCOCC2C(F)(F)F)cc1F. The Morgan fingerprint density at radius 1 is 1.10 bits per heavy atom. The number of anilines is 1. The van der Waals surface area contributed by atoms with E-state index in [1.807, 2.05) is 0 Å². The number of hydrogen-bond donors (Lipinski definition) is 1. The van der Waals surface area contributed by atoms with Gasteiger partial charge in [-0.2, -0.15) is 13.2 Å². The number of carbonyl (C=O) groups excluding carboxylic acids is 2. The van der Waals surface area contributed by atoms with Crippen molar-refractivity contribution in [2.24, 2.45) is 7.05 Å². The van der Waals surface area contributed by atoms with Gasteiger partial charge < -0.3 is 15.0 Å². The van der Waals surface area contributed by atoms with Crippen LogP contribution in [-0.2, 0) is 23.0 Å². The van der Waals surface area contributed by atoms with Crippen LogP contribution in [0.1, 0.15) is 28.4 Å². The van der Waals surface area contributed by atoms with Gasteiger partial charge in [-0.1, -0.05) is 12.1 Å². The van der Waals surface area contributed by atoms with Crippen molar-refractivity contribution in [3.63, 3.8) is 0 Å². The molecular weight excluding hydrogens is 648 g/mol. The van der Waals surface area contributed by atoms with Crippen molar-refractivity contribution in [2.75, 3.05) is 24.7 Å². The fraction of sp³-hybridized carbons (Fsp3) is 0.294. The van der Waals surface area contributed by atoms with E-state index in [4.69, 9.17) is 4.74 Å². The predicted molar refractivity (Wildman–Crippen MR) is 173 cm³/mol. The molecule has 2 atom stereocenters. The summed E-state index contributed by atoms with van der Waals surface area (Å²) in [5.41, 5.74) is -0.163. The second-order valence-electron chi connectivity index (χ2n) is 11.8. The van der Waals surface area contributed by atoms with Gasteiger partial charge in [-0.25, -0.2) is 13.8 Å². The summed E-state index contributed by atoms with van der Waals surface area (Å²) >= 11 is 0. The number of morpholine rings is 1. The molecular formula is C34H30F4N6O5. The summed E-state index contributed by atoms with van der Waals surface area (Å²) in [7, 11) is 1.52. The summed E-state index contributed by atoms with van der Waals surface area (Å²) in [6, 6.07) is 7.06. The minimum Gasteiger partial charge on any atom is -0.377 e. The molecule has 49 heavy (non-hydrogen) atoms. The molecule has 1 N–H and O–H groups in total. The van der Waals surface area contributed by atoms with E-state index in [2.05, 4.69) is 15.3 Å². The normalized spacial score (nSPS) is 15.8. The van der Waals surface area contributed by atoms with Crippen LogP contribution >= 0.6 is 0 Å². The molecule has 4 heterocycles. The number of carbonyl (C=O) groups is 2. The summed E-state index contributed by atoms with van der Waals surface area (Å²) < 4.78 is 63.7. The molecule has 0 spiro atoms. The lowest BCUT2D eigenvalue weighted by Gasteiger charge is -2.38. The fourth-order valence-corrected chi connectivity index (χ4v) is 6.19. The maximum Gasteiger partial charge on any atom is 0.411 e. The van der Waals surface area contributed by atoms with Crippen LogP contribution in [-0.4, -0.2) is 68.8 Å². The zero-order valence-electron chi connectivity index (χ0n) is 26.5. The van der Waals surface area contributed by atoms with E-state index in [-0.39, 0.29) is 41.9 Å². The van der Waals surface area contributed by atoms with Crippen molar-refractivity contribution in [1.29, 1.82) is 0 Å². The van der Waals surface area contributed by atoms with Gasteiger partial charge in [-0.05, 0) is 55.3 Å². The predicted octanol–water partition coefficient (Wildman–Crippen LogP) is 3.78. The molecule has 254 valence electrons. The number of amides is 1. The molecule has 6 rings (SSSR count). The van der Waals surface area contributed by atoms with Crippen LogP contribution in [0.4, 0.5) is 23.2 Å². The van der Waals surface area contributed by atoms with Crippen LogP contribution in [0, 0.1) is 12.7 Å². The highest BCUT2D eigenvalue weighted by Crippen LogP contribution is 2.33. The molecule has 0 radical (unpaired) electrons. The Balaban J connectivity index is 1.32. The maximum absolute atomic E-state index is 15.5. The van der Waals surface area contributed by atoms with Gasteiger partial charge in [-0.15, -0.1) is 0 Å². The zero-order valence-corrected chi connectivity index (χ0v) is 26.5. The van der Waals surface area contributed by atoms with E-state index in [1.165, 1.54) is 62.3 Å². The molecule has 0 bridgehead atoms. The second-order valence-corrected chi connectivity index (χ2v) is 11.8. The number of ketones is 1. The number of aryl methyl sites for hydroxylation is 2. The molecule has 11 nitrogen and oxygen atoms in total. The topological polar surface area (TPSA) is 128 Å². The number of ether oxygens (including phenoxy) is 1. The zero-order chi connectivity index (χ0) is 35.2. The smallest absolute Gasteiger partial charge is 0.377 e. The number of aromatic nitrogens is 4. The first-order chi connectivity index (χ1) is 23.3. The Bertz CT molecular complexity index is 2230. The lowest BCUT2D eigenvalue weighted by atomic mass is 9.97. The van der Waals surface area contributed by atoms with Gasteiger partial charge in [0.1, 0.15) is 11.9 Å². The number of nitrogens with one attached hydrogen (secondary N) is 1. The fourth-order valence-electron chi connectivity index (χ4n) is 6.19. The van der Waals surface area contributed by atoms with Crippen LogP contribution in [0.5, 0.6) is 0 Å². The highest BCUT2D eigenvalue weighted by atomic mass is 19.4. The molecule has 5 aromatic rings. The van der Waals surface area contributed by atoms with E-state index in [0.29, 0.717) is 22.0 Å². The minimum absolute atomic E-state index is 0.0221. The number of benzene rings is 2. The molecule has 1 aliphatic rings. The number of fused-ring (bicyclic) bond motifs is 2. The van der Waals surface area contributed by atoms with Gasteiger partial charge in [0, 0.05) is 43.5 Å². The first kappa shape index (κ1) is 33.5. The van der Waals surface area contributed by atoms with Gasteiger partial charge in [0.25, 0.3) is 11.5 Å². The van der Waals surface area contributed by atoms with Gasteiger partial charge in [0.05, 0.1) is 53.1 Å². The summed E-state index contributed by atoms with van der Waals surface area (Å²) in [5, 5.41) is 3.34. The van der Waals surface area contributed by atoms with Crippen LogP contribution in [0.15, 0.2) is 70.6 Å².